The predicted octanol–water partition coefficient (Wildman–Crippen LogP) is 1.47. The number of hydrogen-bond donors (Lipinski definition) is 1. The zero-order valence-corrected chi connectivity index (χ0v) is 10.4. The van der Waals surface area contributed by atoms with Gasteiger partial charge in [-0.3, -0.25) is 9.78 Å². The summed E-state index contributed by atoms with van der Waals surface area (Å²) in [6.45, 7) is 0.342. The molecule has 2 rings (SSSR count). The van der Waals surface area contributed by atoms with Gasteiger partial charge in [0.05, 0.1) is 5.56 Å². The van der Waals surface area contributed by atoms with E-state index in [-0.39, 0.29) is 11.4 Å². The van der Waals surface area contributed by atoms with Gasteiger partial charge in [0.15, 0.2) is 11.6 Å². The smallest absolute Gasteiger partial charge is 0.257 e. The van der Waals surface area contributed by atoms with E-state index in [4.69, 9.17) is 5.73 Å². The Balaban J connectivity index is 2.18. The second-order valence-corrected chi connectivity index (χ2v) is 4.08. The van der Waals surface area contributed by atoms with Gasteiger partial charge in [0.25, 0.3) is 5.91 Å². The molecule has 6 heteroatoms. The van der Waals surface area contributed by atoms with Crippen molar-refractivity contribution in [2.45, 2.75) is 6.54 Å². The molecule has 2 N–H and O–H groups in total. The maximum absolute atomic E-state index is 13.7. The van der Waals surface area contributed by atoms with Crippen molar-refractivity contribution in [2.75, 3.05) is 12.8 Å². The number of nitrogen functional groups attached to an aromatic ring is 1. The molecule has 0 fully saturated rings. The van der Waals surface area contributed by atoms with Gasteiger partial charge in [0.2, 0.25) is 0 Å². The number of anilines is 1. The highest BCUT2D eigenvalue weighted by Crippen LogP contribution is 2.14. The molecule has 0 radical (unpaired) electrons. The van der Waals surface area contributed by atoms with Crippen molar-refractivity contribution in [3.8, 4) is 0 Å². The molecule has 2 aromatic rings. The molecule has 0 atom stereocenters. The quantitative estimate of drug-likeness (QED) is 0.907. The lowest BCUT2D eigenvalue weighted by Gasteiger charge is -2.17. The number of hydrogen-bond acceptors (Lipinski definition) is 4. The predicted molar refractivity (Wildman–Crippen MR) is 68.6 cm³/mol. The van der Waals surface area contributed by atoms with Gasteiger partial charge >= 0.3 is 0 Å². The number of amides is 1. The van der Waals surface area contributed by atoms with Crippen molar-refractivity contribution in [1.29, 1.82) is 0 Å². The second kappa shape index (κ2) is 5.43. The summed E-state index contributed by atoms with van der Waals surface area (Å²) < 4.78 is 13.7. The molecule has 98 valence electrons. The molecule has 0 bridgehead atoms. The van der Waals surface area contributed by atoms with Crippen molar-refractivity contribution in [1.82, 2.24) is 14.9 Å². The van der Waals surface area contributed by atoms with E-state index in [0.717, 1.165) is 5.56 Å². The van der Waals surface area contributed by atoms with Crippen molar-refractivity contribution >= 4 is 11.7 Å². The summed E-state index contributed by atoms with van der Waals surface area (Å²) in [5.74, 6) is -1.51. The summed E-state index contributed by atoms with van der Waals surface area (Å²) in [7, 11) is 1.59. The molecular formula is C13H13FN4O. The fourth-order valence-electron chi connectivity index (χ4n) is 1.67. The van der Waals surface area contributed by atoms with E-state index in [0.29, 0.717) is 6.54 Å². The number of rotatable bonds is 3. The Labute approximate surface area is 109 Å². The van der Waals surface area contributed by atoms with Crippen LogP contribution in [0.5, 0.6) is 0 Å². The fourth-order valence-corrected chi connectivity index (χ4v) is 1.67. The first-order valence-electron chi connectivity index (χ1n) is 5.64. The van der Waals surface area contributed by atoms with E-state index in [1.54, 1.807) is 25.5 Å². The Bertz CT molecular complexity index is 588. The number of pyridine rings is 2. The lowest BCUT2D eigenvalue weighted by atomic mass is 10.2. The highest BCUT2D eigenvalue weighted by molar-refractivity contribution is 5.94. The van der Waals surface area contributed by atoms with Crippen LogP contribution in [0.4, 0.5) is 10.2 Å². The van der Waals surface area contributed by atoms with Crippen LogP contribution in [0, 0.1) is 5.82 Å². The largest absolute Gasteiger partial charge is 0.381 e. The molecule has 0 saturated carbocycles. The van der Waals surface area contributed by atoms with Crippen molar-refractivity contribution in [3.63, 3.8) is 0 Å². The Morgan fingerprint density at radius 3 is 2.89 bits per heavy atom. The highest BCUT2D eigenvalue weighted by Gasteiger charge is 2.18. The first-order chi connectivity index (χ1) is 9.09. The van der Waals surface area contributed by atoms with Gasteiger partial charge in [-0.2, -0.15) is 0 Å². The minimum Gasteiger partial charge on any atom is -0.381 e. The van der Waals surface area contributed by atoms with Gasteiger partial charge in [0.1, 0.15) is 0 Å². The van der Waals surface area contributed by atoms with Crippen molar-refractivity contribution in [3.05, 3.63) is 53.7 Å². The average molecular weight is 260 g/mol. The van der Waals surface area contributed by atoms with Crippen LogP contribution >= 0.6 is 0 Å². The number of aromatic nitrogens is 2. The molecule has 0 aliphatic carbocycles. The maximum atomic E-state index is 13.7. The van der Waals surface area contributed by atoms with Crippen LogP contribution in [0.2, 0.25) is 0 Å². The maximum Gasteiger partial charge on any atom is 0.257 e. The summed E-state index contributed by atoms with van der Waals surface area (Å²) in [6, 6.07) is 4.93. The average Bonchev–Trinajstić information content (AvgIpc) is 2.42. The molecule has 2 aromatic heterocycles. The SMILES string of the molecule is CN(Cc1cccnc1)C(=O)c1ccnc(N)c1F. The van der Waals surface area contributed by atoms with Gasteiger partial charge < -0.3 is 10.6 Å². The topological polar surface area (TPSA) is 72.1 Å². The number of carbonyl (C=O) groups is 1. The molecule has 0 aliphatic rings. The normalized spacial score (nSPS) is 10.2. The fraction of sp³-hybridized carbons (Fsp3) is 0.154. The first-order valence-corrected chi connectivity index (χ1v) is 5.64. The van der Waals surface area contributed by atoms with Gasteiger partial charge in [-0.25, -0.2) is 9.37 Å². The zero-order chi connectivity index (χ0) is 13.8. The molecule has 2 heterocycles. The molecule has 19 heavy (non-hydrogen) atoms. The van der Waals surface area contributed by atoms with Gasteiger partial charge in [0, 0.05) is 32.2 Å². The molecule has 0 unspecified atom stereocenters. The van der Waals surface area contributed by atoms with Crippen molar-refractivity contribution < 1.29 is 9.18 Å². The van der Waals surface area contributed by atoms with E-state index >= 15 is 0 Å². The monoisotopic (exact) mass is 260 g/mol. The molecule has 1 amide bonds. The molecule has 0 spiro atoms. The molecule has 5 nitrogen and oxygen atoms in total. The van der Waals surface area contributed by atoms with Crippen LogP contribution in [0.15, 0.2) is 36.8 Å². The summed E-state index contributed by atoms with van der Waals surface area (Å²) in [5.41, 5.74) is 6.12. The van der Waals surface area contributed by atoms with E-state index in [9.17, 15) is 9.18 Å². The van der Waals surface area contributed by atoms with Crippen LogP contribution < -0.4 is 5.73 Å². The van der Waals surface area contributed by atoms with Gasteiger partial charge in [-0.15, -0.1) is 0 Å². The molecular weight excluding hydrogens is 247 g/mol. The Morgan fingerprint density at radius 1 is 1.42 bits per heavy atom. The lowest BCUT2D eigenvalue weighted by molar-refractivity contribution is 0.0780. The second-order valence-electron chi connectivity index (χ2n) is 4.08. The summed E-state index contributed by atoms with van der Waals surface area (Å²) in [6.07, 6.45) is 4.61. The van der Waals surface area contributed by atoms with Gasteiger partial charge in [-0.1, -0.05) is 6.07 Å². The Kier molecular flexibility index (Phi) is 3.70. The van der Waals surface area contributed by atoms with Crippen LogP contribution in [0.3, 0.4) is 0 Å². The summed E-state index contributed by atoms with van der Waals surface area (Å²) in [4.78, 5) is 21.0. The van der Waals surface area contributed by atoms with Crippen molar-refractivity contribution in [2.24, 2.45) is 0 Å². The zero-order valence-electron chi connectivity index (χ0n) is 10.4. The first kappa shape index (κ1) is 12.9. The van der Waals surface area contributed by atoms with Crippen LogP contribution in [0.25, 0.3) is 0 Å². The van der Waals surface area contributed by atoms with Crippen LogP contribution in [-0.4, -0.2) is 27.8 Å². The standard InChI is InChI=1S/C13H13FN4O/c1-18(8-9-3-2-5-16-7-9)13(19)10-4-6-17-12(15)11(10)14/h2-7H,8H2,1H3,(H2,15,17). The third-order valence-corrected chi connectivity index (χ3v) is 2.64. The lowest BCUT2D eigenvalue weighted by Crippen LogP contribution is -2.27. The van der Waals surface area contributed by atoms with E-state index < -0.39 is 11.7 Å². The third-order valence-electron chi connectivity index (χ3n) is 2.64. The Morgan fingerprint density at radius 2 is 2.21 bits per heavy atom. The number of halogens is 1. The molecule has 0 aromatic carbocycles. The summed E-state index contributed by atoms with van der Waals surface area (Å²) >= 11 is 0. The van der Waals surface area contributed by atoms with E-state index in [2.05, 4.69) is 9.97 Å². The molecule has 0 aliphatic heterocycles. The van der Waals surface area contributed by atoms with Crippen LogP contribution in [0.1, 0.15) is 15.9 Å². The third kappa shape index (κ3) is 2.85. The highest BCUT2D eigenvalue weighted by atomic mass is 19.1. The van der Waals surface area contributed by atoms with Gasteiger partial charge in [-0.05, 0) is 17.7 Å². The number of carbonyl (C=O) groups excluding carboxylic acids is 1. The number of nitrogens with two attached hydrogens (primary N) is 1. The Hall–Kier alpha value is -2.50. The minimum atomic E-state index is -0.787. The summed E-state index contributed by atoms with van der Waals surface area (Å²) in [5, 5.41) is 0. The number of nitrogens with zero attached hydrogens (tertiary/aromatic N) is 3. The minimum absolute atomic E-state index is 0.0844. The van der Waals surface area contributed by atoms with E-state index in [1.807, 2.05) is 6.07 Å². The van der Waals surface area contributed by atoms with E-state index in [1.165, 1.54) is 17.2 Å². The molecule has 0 saturated heterocycles. The van der Waals surface area contributed by atoms with Crippen LogP contribution in [-0.2, 0) is 6.54 Å².